The minimum atomic E-state index is -0.338. The smallest absolute Gasteiger partial charge is 0.146 e. The first-order chi connectivity index (χ1) is 6.79. The van der Waals surface area contributed by atoms with Crippen molar-refractivity contribution in [3.63, 3.8) is 0 Å². The lowest BCUT2D eigenvalue weighted by molar-refractivity contribution is 0.598. The molecule has 15 heavy (non-hydrogen) atoms. The van der Waals surface area contributed by atoms with Crippen molar-refractivity contribution in [1.82, 2.24) is 0 Å². The van der Waals surface area contributed by atoms with E-state index < -0.39 is 0 Å². The first kappa shape index (κ1) is 11.9. The first-order valence-electron chi connectivity index (χ1n) is 4.67. The Morgan fingerprint density at radius 1 is 1.40 bits per heavy atom. The fourth-order valence-electron chi connectivity index (χ4n) is 1.17. The molecular formula is C11H15FN2S. The van der Waals surface area contributed by atoms with E-state index in [2.05, 4.69) is 5.32 Å². The number of nitrogens with two attached hydrogens (primary N) is 1. The second-order valence-electron chi connectivity index (χ2n) is 4.43. The topological polar surface area (TPSA) is 38.0 Å². The Morgan fingerprint density at radius 2 is 2.00 bits per heavy atom. The van der Waals surface area contributed by atoms with Crippen LogP contribution in [0, 0.1) is 5.82 Å². The third-order valence-corrected chi connectivity index (χ3v) is 2.00. The van der Waals surface area contributed by atoms with Crippen molar-refractivity contribution in [2.75, 3.05) is 5.32 Å². The van der Waals surface area contributed by atoms with Crippen LogP contribution in [0.4, 0.5) is 10.1 Å². The van der Waals surface area contributed by atoms with Crippen LogP contribution in [0.1, 0.15) is 26.3 Å². The van der Waals surface area contributed by atoms with Crippen molar-refractivity contribution in [3.8, 4) is 0 Å². The Hall–Kier alpha value is -1.16. The van der Waals surface area contributed by atoms with Gasteiger partial charge in [-0.05, 0) is 39.0 Å². The first-order valence-corrected chi connectivity index (χ1v) is 5.08. The number of anilines is 1. The molecule has 0 fully saturated rings. The van der Waals surface area contributed by atoms with Gasteiger partial charge < -0.3 is 11.1 Å². The lowest BCUT2D eigenvalue weighted by Crippen LogP contribution is -2.26. The van der Waals surface area contributed by atoms with Crippen molar-refractivity contribution >= 4 is 22.9 Å². The molecule has 1 aromatic rings. The minimum absolute atomic E-state index is 0.175. The summed E-state index contributed by atoms with van der Waals surface area (Å²) in [5.41, 5.74) is 6.23. The second kappa shape index (κ2) is 4.14. The van der Waals surface area contributed by atoms with Gasteiger partial charge in [0, 0.05) is 11.1 Å². The van der Waals surface area contributed by atoms with E-state index in [0.717, 1.165) is 0 Å². The van der Waals surface area contributed by atoms with Crippen molar-refractivity contribution in [3.05, 3.63) is 29.6 Å². The van der Waals surface area contributed by atoms with E-state index in [4.69, 9.17) is 18.0 Å². The fourth-order valence-corrected chi connectivity index (χ4v) is 1.30. The van der Waals surface area contributed by atoms with Gasteiger partial charge in [0.15, 0.2) is 0 Å². The van der Waals surface area contributed by atoms with E-state index in [1.54, 1.807) is 12.1 Å². The highest BCUT2D eigenvalue weighted by atomic mass is 32.1. The molecule has 0 saturated carbocycles. The zero-order valence-corrected chi connectivity index (χ0v) is 9.91. The Labute approximate surface area is 94.7 Å². The summed E-state index contributed by atoms with van der Waals surface area (Å²) in [5.74, 6) is -0.338. The predicted molar refractivity (Wildman–Crippen MR) is 65.7 cm³/mol. The summed E-state index contributed by atoms with van der Waals surface area (Å²) in [6, 6.07) is 4.70. The van der Waals surface area contributed by atoms with Gasteiger partial charge in [0.25, 0.3) is 0 Å². The molecule has 0 heterocycles. The average molecular weight is 226 g/mol. The van der Waals surface area contributed by atoms with Crippen LogP contribution in [0.25, 0.3) is 0 Å². The third-order valence-electron chi connectivity index (χ3n) is 1.76. The number of benzene rings is 1. The Bertz CT molecular complexity index is 383. The molecular weight excluding hydrogens is 211 g/mol. The molecule has 0 radical (unpaired) electrons. The van der Waals surface area contributed by atoms with Gasteiger partial charge in [0.2, 0.25) is 0 Å². The van der Waals surface area contributed by atoms with E-state index in [-0.39, 0.29) is 16.3 Å². The molecule has 1 aromatic carbocycles. The van der Waals surface area contributed by atoms with Crippen molar-refractivity contribution in [1.29, 1.82) is 0 Å². The zero-order chi connectivity index (χ0) is 11.6. The standard InChI is InChI=1S/C11H15FN2S/c1-11(2,3)14-9-5-4-7(10(13)15)6-8(9)12/h4-6,14H,1-3H3,(H2,13,15). The van der Waals surface area contributed by atoms with E-state index in [1.165, 1.54) is 6.07 Å². The maximum atomic E-state index is 13.6. The predicted octanol–water partition coefficient (Wildman–Crippen LogP) is 2.67. The molecule has 4 heteroatoms. The van der Waals surface area contributed by atoms with Crippen LogP contribution in [-0.2, 0) is 0 Å². The Balaban J connectivity index is 2.99. The van der Waals surface area contributed by atoms with Crippen molar-refractivity contribution < 1.29 is 4.39 Å². The quantitative estimate of drug-likeness (QED) is 0.761. The highest BCUT2D eigenvalue weighted by molar-refractivity contribution is 7.80. The van der Waals surface area contributed by atoms with Gasteiger partial charge in [-0.25, -0.2) is 4.39 Å². The van der Waals surface area contributed by atoms with Gasteiger partial charge in [-0.2, -0.15) is 0 Å². The summed E-state index contributed by atoms with van der Waals surface area (Å²) < 4.78 is 13.6. The van der Waals surface area contributed by atoms with Gasteiger partial charge in [-0.15, -0.1) is 0 Å². The molecule has 0 bridgehead atoms. The SMILES string of the molecule is CC(C)(C)Nc1ccc(C(N)=S)cc1F. The summed E-state index contributed by atoms with van der Waals surface area (Å²) in [4.78, 5) is 0.205. The summed E-state index contributed by atoms with van der Waals surface area (Å²) in [5, 5.41) is 3.06. The maximum Gasteiger partial charge on any atom is 0.146 e. The van der Waals surface area contributed by atoms with Crippen LogP contribution in [0.5, 0.6) is 0 Å². The van der Waals surface area contributed by atoms with Crippen LogP contribution in [-0.4, -0.2) is 10.5 Å². The molecule has 82 valence electrons. The third kappa shape index (κ3) is 3.47. The van der Waals surface area contributed by atoms with Crippen LogP contribution < -0.4 is 11.1 Å². The van der Waals surface area contributed by atoms with Gasteiger partial charge in [0.1, 0.15) is 10.8 Å². The number of rotatable bonds is 2. The molecule has 2 nitrogen and oxygen atoms in total. The minimum Gasteiger partial charge on any atom is -0.389 e. The second-order valence-corrected chi connectivity index (χ2v) is 4.87. The molecule has 0 saturated heterocycles. The van der Waals surface area contributed by atoms with Crippen LogP contribution in [0.3, 0.4) is 0 Å². The van der Waals surface area contributed by atoms with Crippen LogP contribution >= 0.6 is 12.2 Å². The number of nitrogens with one attached hydrogen (secondary N) is 1. The summed E-state index contributed by atoms with van der Waals surface area (Å²) >= 11 is 4.77. The maximum absolute atomic E-state index is 13.6. The normalized spacial score (nSPS) is 11.2. The van der Waals surface area contributed by atoms with Gasteiger partial charge >= 0.3 is 0 Å². The number of thiocarbonyl (C=S) groups is 1. The molecule has 1 rings (SSSR count). The number of hydrogen-bond donors (Lipinski definition) is 2. The molecule has 0 aliphatic heterocycles. The summed E-state index contributed by atoms with van der Waals surface area (Å²) in [6.07, 6.45) is 0. The molecule has 0 atom stereocenters. The Kier molecular flexibility index (Phi) is 3.29. The molecule has 0 aromatic heterocycles. The highest BCUT2D eigenvalue weighted by Crippen LogP contribution is 2.19. The van der Waals surface area contributed by atoms with Gasteiger partial charge in [-0.1, -0.05) is 12.2 Å². The lowest BCUT2D eigenvalue weighted by Gasteiger charge is -2.22. The lowest BCUT2D eigenvalue weighted by atomic mass is 10.1. The molecule has 0 aliphatic rings. The monoisotopic (exact) mass is 226 g/mol. The van der Waals surface area contributed by atoms with Gasteiger partial charge in [0.05, 0.1) is 5.69 Å². The fraction of sp³-hybridized carbons (Fsp3) is 0.364. The summed E-state index contributed by atoms with van der Waals surface area (Å²) in [6.45, 7) is 5.90. The molecule has 0 unspecified atom stereocenters. The van der Waals surface area contributed by atoms with E-state index in [1.807, 2.05) is 20.8 Å². The zero-order valence-electron chi connectivity index (χ0n) is 9.10. The molecule has 0 amide bonds. The highest BCUT2D eigenvalue weighted by Gasteiger charge is 2.12. The van der Waals surface area contributed by atoms with E-state index >= 15 is 0 Å². The van der Waals surface area contributed by atoms with Crippen LogP contribution in [0.2, 0.25) is 0 Å². The average Bonchev–Trinajstić information content (AvgIpc) is 2.05. The number of halogens is 1. The van der Waals surface area contributed by atoms with Gasteiger partial charge in [-0.3, -0.25) is 0 Å². The molecule has 0 spiro atoms. The summed E-state index contributed by atoms with van der Waals surface area (Å²) in [7, 11) is 0. The van der Waals surface area contributed by atoms with Crippen molar-refractivity contribution in [2.45, 2.75) is 26.3 Å². The Morgan fingerprint density at radius 3 is 2.40 bits per heavy atom. The van der Waals surface area contributed by atoms with E-state index in [9.17, 15) is 4.39 Å². The number of hydrogen-bond acceptors (Lipinski definition) is 2. The molecule has 0 aliphatic carbocycles. The molecule has 3 N–H and O–H groups in total. The van der Waals surface area contributed by atoms with Crippen LogP contribution in [0.15, 0.2) is 18.2 Å². The largest absolute Gasteiger partial charge is 0.389 e. The van der Waals surface area contributed by atoms with E-state index in [0.29, 0.717) is 11.3 Å². The van der Waals surface area contributed by atoms with Crippen molar-refractivity contribution in [2.24, 2.45) is 5.73 Å².